The molecule has 0 unspecified atom stereocenters. The third kappa shape index (κ3) is 11.5. The van der Waals surface area contributed by atoms with Gasteiger partial charge in [0.25, 0.3) is 0 Å². The summed E-state index contributed by atoms with van der Waals surface area (Å²) in [7, 11) is 0. The Labute approximate surface area is 272 Å². The van der Waals surface area contributed by atoms with Crippen molar-refractivity contribution in [2.45, 2.75) is 89.0 Å². The number of thiol groups is 1. The van der Waals surface area contributed by atoms with Crippen molar-refractivity contribution in [2.75, 3.05) is 31.9 Å². The van der Waals surface area contributed by atoms with E-state index in [9.17, 15) is 38.4 Å². The predicted molar refractivity (Wildman–Crippen MR) is 165 cm³/mol. The molecule has 258 valence electrons. The zero-order valence-electron chi connectivity index (χ0n) is 26.0. The molecule has 0 bridgehead atoms. The molecule has 5 atom stereocenters. The first kappa shape index (κ1) is 38.3. The molecule has 6 amide bonds. The number of nitrogens with one attached hydrogen (secondary N) is 4. The molecule has 46 heavy (non-hydrogen) atoms. The van der Waals surface area contributed by atoms with Crippen LogP contribution in [0.4, 0.5) is 0 Å². The fourth-order valence-corrected chi connectivity index (χ4v) is 5.65. The third-order valence-electron chi connectivity index (χ3n) is 7.66. The Hall–Kier alpha value is -3.93. The van der Waals surface area contributed by atoms with Crippen molar-refractivity contribution in [1.82, 2.24) is 31.1 Å². The summed E-state index contributed by atoms with van der Waals surface area (Å²) in [5.74, 6) is -6.14. The number of carbonyl (C=O) groups is 8. The van der Waals surface area contributed by atoms with Crippen LogP contribution in [0.1, 0.15) is 58.8 Å². The van der Waals surface area contributed by atoms with E-state index in [0.717, 1.165) is 0 Å². The van der Waals surface area contributed by atoms with E-state index >= 15 is 0 Å². The van der Waals surface area contributed by atoms with Gasteiger partial charge in [-0.1, -0.05) is 13.8 Å². The van der Waals surface area contributed by atoms with Gasteiger partial charge in [0.1, 0.15) is 30.7 Å². The van der Waals surface area contributed by atoms with E-state index in [4.69, 9.17) is 15.9 Å². The van der Waals surface area contributed by atoms with Crippen LogP contribution >= 0.6 is 12.6 Å². The molecule has 2 aliphatic heterocycles. The molecule has 0 aromatic rings. The third-order valence-corrected chi connectivity index (χ3v) is 8.02. The van der Waals surface area contributed by atoms with Crippen molar-refractivity contribution in [2.24, 2.45) is 11.7 Å². The molecule has 2 aliphatic rings. The van der Waals surface area contributed by atoms with Crippen LogP contribution in [0.25, 0.3) is 0 Å². The van der Waals surface area contributed by atoms with E-state index in [1.165, 1.54) is 9.80 Å². The summed E-state index contributed by atoms with van der Waals surface area (Å²) in [6.07, 6.45) is 1.58. The monoisotopic (exact) mass is 671 g/mol. The molecule has 0 aliphatic carbocycles. The summed E-state index contributed by atoms with van der Waals surface area (Å²) < 4.78 is 0. The van der Waals surface area contributed by atoms with Crippen LogP contribution < -0.4 is 27.0 Å². The molecular formula is C28H45N7O10S. The van der Waals surface area contributed by atoms with E-state index in [2.05, 4.69) is 33.9 Å². The van der Waals surface area contributed by atoms with Gasteiger partial charge in [0.2, 0.25) is 35.4 Å². The van der Waals surface area contributed by atoms with Crippen molar-refractivity contribution >= 4 is 60.0 Å². The van der Waals surface area contributed by atoms with Gasteiger partial charge in [-0.05, 0) is 44.4 Å². The van der Waals surface area contributed by atoms with Gasteiger partial charge in [-0.15, -0.1) is 0 Å². The first-order chi connectivity index (χ1) is 21.7. The highest BCUT2D eigenvalue weighted by molar-refractivity contribution is 7.80. The van der Waals surface area contributed by atoms with Gasteiger partial charge in [0.15, 0.2) is 0 Å². The minimum Gasteiger partial charge on any atom is -0.481 e. The van der Waals surface area contributed by atoms with Crippen molar-refractivity contribution in [1.29, 1.82) is 0 Å². The molecule has 0 aromatic carbocycles. The Bertz CT molecular complexity index is 1170. The number of amides is 6. The summed E-state index contributed by atoms with van der Waals surface area (Å²) in [5.41, 5.74) is 5.91. The minimum atomic E-state index is -1.26. The Kier molecular flexibility index (Phi) is 15.2. The quantitative estimate of drug-likeness (QED) is 0.0745. The summed E-state index contributed by atoms with van der Waals surface area (Å²) in [5, 5.41) is 27.3. The zero-order valence-corrected chi connectivity index (χ0v) is 26.9. The molecule has 2 heterocycles. The van der Waals surface area contributed by atoms with Gasteiger partial charge >= 0.3 is 11.9 Å². The highest BCUT2D eigenvalue weighted by Crippen LogP contribution is 2.23. The number of likely N-dealkylation sites (tertiary alicyclic amines) is 2. The Balaban J connectivity index is 2.03. The maximum Gasteiger partial charge on any atom is 0.322 e. The number of carboxylic acids is 2. The molecule has 0 aromatic heterocycles. The molecule has 2 fully saturated rings. The van der Waals surface area contributed by atoms with E-state index in [1.54, 1.807) is 0 Å². The van der Waals surface area contributed by atoms with Crippen LogP contribution in [-0.4, -0.2) is 130 Å². The van der Waals surface area contributed by atoms with Gasteiger partial charge < -0.3 is 47.0 Å². The van der Waals surface area contributed by atoms with Gasteiger partial charge in [-0.2, -0.15) is 12.6 Å². The van der Waals surface area contributed by atoms with Gasteiger partial charge in [-0.3, -0.25) is 38.4 Å². The SMILES string of the molecule is CC(C)C[C@H](NC(=O)[C@@H]1CCCN1C(=O)[C@@H](N)CCC(=O)O)C(=O)N1CCC[C@H]1C(=O)NCC(=O)N[C@@H](CS)C(=O)NCC(=O)O. The molecule has 18 heteroatoms. The Morgan fingerprint density at radius 1 is 0.804 bits per heavy atom. The molecule has 2 saturated heterocycles. The normalized spacial score (nSPS) is 19.6. The number of rotatable bonds is 17. The van der Waals surface area contributed by atoms with Crippen molar-refractivity contribution < 1.29 is 48.6 Å². The maximum atomic E-state index is 13.7. The Morgan fingerprint density at radius 2 is 1.39 bits per heavy atom. The van der Waals surface area contributed by atoms with Crippen molar-refractivity contribution in [3.05, 3.63) is 0 Å². The number of hydrogen-bond donors (Lipinski definition) is 8. The van der Waals surface area contributed by atoms with Crippen LogP contribution in [0.15, 0.2) is 0 Å². The van der Waals surface area contributed by atoms with Gasteiger partial charge in [-0.25, -0.2) is 0 Å². The second-order valence-corrected chi connectivity index (χ2v) is 12.1. The molecule has 0 spiro atoms. The highest BCUT2D eigenvalue weighted by Gasteiger charge is 2.41. The van der Waals surface area contributed by atoms with E-state index in [0.29, 0.717) is 25.7 Å². The number of aliphatic carboxylic acids is 2. The minimum absolute atomic E-state index is 0.0222. The number of carbonyl (C=O) groups excluding carboxylic acids is 6. The smallest absolute Gasteiger partial charge is 0.322 e. The van der Waals surface area contributed by atoms with Crippen LogP contribution in [0.2, 0.25) is 0 Å². The van der Waals surface area contributed by atoms with Crippen LogP contribution in [-0.2, 0) is 38.4 Å². The summed E-state index contributed by atoms with van der Waals surface area (Å²) >= 11 is 3.99. The summed E-state index contributed by atoms with van der Waals surface area (Å²) in [4.78, 5) is 102. The molecule has 2 rings (SSSR count). The molecule has 0 saturated carbocycles. The lowest BCUT2D eigenvalue weighted by Gasteiger charge is -2.31. The number of carboxylic acid groups (broad SMARTS) is 2. The zero-order chi connectivity index (χ0) is 34.6. The fourth-order valence-electron chi connectivity index (χ4n) is 5.39. The number of nitrogens with two attached hydrogens (primary N) is 1. The van der Waals surface area contributed by atoms with Crippen LogP contribution in [0.5, 0.6) is 0 Å². The molecule has 8 N–H and O–H groups in total. The fraction of sp³-hybridized carbons (Fsp3) is 0.714. The molecule has 0 radical (unpaired) electrons. The average Bonchev–Trinajstić information content (AvgIpc) is 3.69. The lowest BCUT2D eigenvalue weighted by atomic mass is 10.0. The van der Waals surface area contributed by atoms with Gasteiger partial charge in [0, 0.05) is 25.3 Å². The van der Waals surface area contributed by atoms with E-state index < -0.39 is 90.7 Å². The average molecular weight is 672 g/mol. The second-order valence-electron chi connectivity index (χ2n) is 11.7. The van der Waals surface area contributed by atoms with Crippen molar-refractivity contribution in [3.63, 3.8) is 0 Å². The summed E-state index contributed by atoms with van der Waals surface area (Å²) in [6.45, 7) is 3.09. The van der Waals surface area contributed by atoms with E-state index in [-0.39, 0.29) is 44.0 Å². The number of nitrogens with zero attached hydrogens (tertiary/aromatic N) is 2. The Morgan fingerprint density at radius 3 is 1.93 bits per heavy atom. The van der Waals surface area contributed by atoms with Crippen molar-refractivity contribution in [3.8, 4) is 0 Å². The molecular weight excluding hydrogens is 626 g/mol. The lowest BCUT2D eigenvalue weighted by molar-refractivity contribution is -0.144. The number of hydrogen-bond acceptors (Lipinski definition) is 10. The largest absolute Gasteiger partial charge is 0.481 e. The standard InChI is InChI=1S/C28H45N7O10S/c1-15(2)11-17(33-26(43)20-6-4-9-34(20)27(44)16(29)7-8-22(37)38)28(45)35-10-3-5-19(35)25(42)30-12-21(36)32-18(14-46)24(41)31-13-23(39)40/h15-20,46H,3-14,29H2,1-2H3,(H,30,42)(H,31,41)(H,32,36)(H,33,43)(H,37,38)(H,39,40)/t16-,17-,18-,19-,20-/m0/s1. The van der Waals surface area contributed by atoms with E-state index in [1.807, 2.05) is 13.8 Å². The summed E-state index contributed by atoms with van der Waals surface area (Å²) in [6, 6.07) is -5.01. The van der Waals surface area contributed by atoms with Crippen LogP contribution in [0.3, 0.4) is 0 Å². The lowest BCUT2D eigenvalue weighted by Crippen LogP contribution is -2.58. The first-order valence-corrected chi connectivity index (χ1v) is 15.9. The second kappa shape index (κ2) is 18.3. The highest BCUT2D eigenvalue weighted by atomic mass is 32.1. The first-order valence-electron chi connectivity index (χ1n) is 15.2. The molecule has 17 nitrogen and oxygen atoms in total. The maximum absolute atomic E-state index is 13.7. The van der Waals surface area contributed by atoms with Gasteiger partial charge in [0.05, 0.1) is 12.6 Å². The van der Waals surface area contributed by atoms with Crippen LogP contribution in [0, 0.1) is 5.92 Å². The topological polar surface area (TPSA) is 258 Å². The predicted octanol–water partition coefficient (Wildman–Crippen LogP) is -2.58.